The first-order chi connectivity index (χ1) is 11.1. The summed E-state index contributed by atoms with van der Waals surface area (Å²) in [4.78, 5) is 25.8. The van der Waals surface area contributed by atoms with Crippen LogP contribution in [0.25, 0.3) is 0 Å². The predicted octanol–water partition coefficient (Wildman–Crippen LogP) is 2.81. The molecule has 23 heavy (non-hydrogen) atoms. The number of amides is 1. The lowest BCUT2D eigenvalue weighted by Crippen LogP contribution is -2.49. The van der Waals surface area contributed by atoms with Crippen molar-refractivity contribution >= 4 is 11.9 Å². The minimum absolute atomic E-state index is 0.0751. The van der Waals surface area contributed by atoms with Gasteiger partial charge in [-0.2, -0.15) is 0 Å². The Kier molecular flexibility index (Phi) is 4.39. The molecule has 0 unspecified atom stereocenters. The van der Waals surface area contributed by atoms with Gasteiger partial charge in [-0.05, 0) is 43.9 Å². The van der Waals surface area contributed by atoms with Crippen LogP contribution in [0.1, 0.15) is 52.8 Å². The third-order valence-electron chi connectivity index (χ3n) is 5.36. The Hall–Kier alpha value is -1.88. The zero-order valence-electron chi connectivity index (χ0n) is 13.5. The number of nitrogens with zero attached hydrogens (tertiary/aromatic N) is 1. The van der Waals surface area contributed by atoms with E-state index in [1.165, 1.54) is 12.1 Å². The van der Waals surface area contributed by atoms with Gasteiger partial charge in [0.15, 0.2) is 0 Å². The van der Waals surface area contributed by atoms with Crippen LogP contribution in [0.2, 0.25) is 0 Å². The number of benzene rings is 1. The van der Waals surface area contributed by atoms with Gasteiger partial charge in [-0.1, -0.05) is 12.5 Å². The van der Waals surface area contributed by atoms with E-state index in [-0.39, 0.29) is 23.0 Å². The number of carboxylic acid groups (broad SMARTS) is 1. The fraction of sp³-hybridized carbons (Fsp3) is 0.556. The van der Waals surface area contributed by atoms with Crippen molar-refractivity contribution in [3.63, 3.8) is 0 Å². The Morgan fingerprint density at radius 3 is 2.74 bits per heavy atom. The molecule has 1 aromatic carbocycles. The zero-order valence-corrected chi connectivity index (χ0v) is 13.5. The molecule has 5 heteroatoms. The van der Waals surface area contributed by atoms with Gasteiger partial charge in [0.05, 0.1) is 11.7 Å². The van der Waals surface area contributed by atoms with Crippen LogP contribution >= 0.6 is 0 Å². The third kappa shape index (κ3) is 2.98. The molecule has 1 heterocycles. The van der Waals surface area contributed by atoms with Crippen LogP contribution < -0.4 is 0 Å². The number of aromatic carboxylic acids is 1. The number of carbonyl (C=O) groups excluding carboxylic acids is 1. The number of rotatable bonds is 3. The number of piperidine rings is 1. The maximum atomic E-state index is 12.8. The summed E-state index contributed by atoms with van der Waals surface area (Å²) in [5, 5.41) is 9.09. The van der Waals surface area contributed by atoms with E-state index in [0.29, 0.717) is 12.1 Å². The lowest BCUT2D eigenvalue weighted by Gasteiger charge is -2.43. The number of carbonyl (C=O) groups is 2. The summed E-state index contributed by atoms with van der Waals surface area (Å²) in [6, 6.07) is 6.30. The lowest BCUT2D eigenvalue weighted by atomic mass is 9.76. The molecule has 2 atom stereocenters. The highest BCUT2D eigenvalue weighted by atomic mass is 16.5. The first-order valence-corrected chi connectivity index (χ1v) is 8.21. The average molecular weight is 317 g/mol. The van der Waals surface area contributed by atoms with Crippen molar-refractivity contribution in [2.75, 3.05) is 20.2 Å². The normalized spacial score (nSPS) is 27.3. The maximum absolute atomic E-state index is 12.8. The summed E-state index contributed by atoms with van der Waals surface area (Å²) >= 11 is 0. The van der Waals surface area contributed by atoms with E-state index < -0.39 is 5.97 Å². The molecule has 2 aliphatic rings. The number of hydrogen-bond donors (Lipinski definition) is 1. The molecule has 1 aliphatic carbocycles. The molecule has 1 aromatic rings. The number of carboxylic acids is 1. The van der Waals surface area contributed by atoms with Crippen molar-refractivity contribution in [1.29, 1.82) is 0 Å². The Morgan fingerprint density at radius 2 is 2.00 bits per heavy atom. The van der Waals surface area contributed by atoms with Crippen LogP contribution in [0, 0.1) is 5.41 Å². The van der Waals surface area contributed by atoms with Gasteiger partial charge in [-0.25, -0.2) is 4.79 Å². The smallest absolute Gasteiger partial charge is 0.335 e. The number of likely N-dealkylation sites (tertiary alicyclic amines) is 1. The van der Waals surface area contributed by atoms with Crippen molar-refractivity contribution in [3.05, 3.63) is 35.4 Å². The van der Waals surface area contributed by atoms with Crippen molar-refractivity contribution in [2.45, 2.75) is 38.2 Å². The van der Waals surface area contributed by atoms with Crippen molar-refractivity contribution < 1.29 is 19.4 Å². The predicted molar refractivity (Wildman–Crippen MR) is 85.6 cm³/mol. The van der Waals surface area contributed by atoms with Crippen LogP contribution in [0.15, 0.2) is 24.3 Å². The topological polar surface area (TPSA) is 66.8 Å². The van der Waals surface area contributed by atoms with E-state index in [2.05, 4.69) is 0 Å². The van der Waals surface area contributed by atoms with E-state index in [0.717, 1.165) is 38.6 Å². The molecule has 1 spiro atoms. The van der Waals surface area contributed by atoms with Crippen molar-refractivity contribution in [2.24, 2.45) is 5.41 Å². The van der Waals surface area contributed by atoms with Gasteiger partial charge >= 0.3 is 5.97 Å². The van der Waals surface area contributed by atoms with Crippen LogP contribution in [-0.4, -0.2) is 48.2 Å². The first kappa shape index (κ1) is 16.0. The maximum Gasteiger partial charge on any atom is 0.335 e. The number of ether oxygens (including phenoxy) is 1. The molecule has 0 radical (unpaired) electrons. The molecule has 2 fully saturated rings. The largest absolute Gasteiger partial charge is 0.478 e. The first-order valence-electron chi connectivity index (χ1n) is 8.21. The molecule has 1 N–H and O–H groups in total. The standard InChI is InChI=1S/C18H23NO4/c1-23-15-7-3-8-18(15)9-4-10-19(12-18)16(20)13-5-2-6-14(11-13)17(21)22/h2,5-6,11,15H,3-4,7-10,12H2,1H3,(H,21,22)/t15-,18-/m1/s1. The summed E-state index contributed by atoms with van der Waals surface area (Å²) in [6.07, 6.45) is 5.62. The quantitative estimate of drug-likeness (QED) is 0.931. The number of methoxy groups -OCH3 is 1. The van der Waals surface area contributed by atoms with Crippen LogP contribution in [-0.2, 0) is 4.74 Å². The second-order valence-corrected chi connectivity index (χ2v) is 6.70. The summed E-state index contributed by atoms with van der Waals surface area (Å²) in [6.45, 7) is 1.44. The Labute approximate surface area is 136 Å². The van der Waals surface area contributed by atoms with E-state index in [9.17, 15) is 9.59 Å². The van der Waals surface area contributed by atoms with Crippen molar-refractivity contribution in [1.82, 2.24) is 4.90 Å². The average Bonchev–Trinajstić information content (AvgIpc) is 2.96. The number of hydrogen-bond acceptors (Lipinski definition) is 3. The van der Waals surface area contributed by atoms with Gasteiger partial charge in [0.1, 0.15) is 0 Å². The van der Waals surface area contributed by atoms with Gasteiger partial charge < -0.3 is 14.7 Å². The van der Waals surface area contributed by atoms with Gasteiger partial charge in [0.2, 0.25) is 0 Å². The van der Waals surface area contributed by atoms with Gasteiger partial charge in [-0.3, -0.25) is 4.79 Å². The lowest BCUT2D eigenvalue weighted by molar-refractivity contribution is -0.0295. The second kappa shape index (κ2) is 6.32. The molecule has 5 nitrogen and oxygen atoms in total. The zero-order chi connectivity index (χ0) is 16.4. The third-order valence-corrected chi connectivity index (χ3v) is 5.36. The van der Waals surface area contributed by atoms with E-state index in [1.807, 2.05) is 4.90 Å². The molecule has 1 saturated carbocycles. The molecule has 124 valence electrons. The monoisotopic (exact) mass is 317 g/mol. The Bertz CT molecular complexity index is 615. The summed E-state index contributed by atoms with van der Waals surface area (Å²) < 4.78 is 5.67. The van der Waals surface area contributed by atoms with E-state index >= 15 is 0 Å². The molecule has 1 saturated heterocycles. The van der Waals surface area contributed by atoms with E-state index in [1.54, 1.807) is 19.2 Å². The molecule has 3 rings (SSSR count). The summed E-state index contributed by atoms with van der Waals surface area (Å²) in [7, 11) is 1.76. The van der Waals surface area contributed by atoms with Gasteiger partial charge in [0, 0.05) is 31.2 Å². The highest BCUT2D eigenvalue weighted by Gasteiger charge is 2.46. The minimum Gasteiger partial charge on any atom is -0.478 e. The van der Waals surface area contributed by atoms with Crippen LogP contribution in [0.5, 0.6) is 0 Å². The molecular weight excluding hydrogens is 294 g/mol. The van der Waals surface area contributed by atoms with Crippen molar-refractivity contribution in [3.8, 4) is 0 Å². The fourth-order valence-electron chi connectivity index (χ4n) is 4.24. The molecule has 0 aromatic heterocycles. The minimum atomic E-state index is -1.01. The molecular formula is C18H23NO4. The highest BCUT2D eigenvalue weighted by Crippen LogP contribution is 2.46. The fourth-order valence-corrected chi connectivity index (χ4v) is 4.24. The summed E-state index contributed by atoms with van der Waals surface area (Å²) in [5.74, 6) is -1.08. The summed E-state index contributed by atoms with van der Waals surface area (Å²) in [5.41, 5.74) is 0.680. The highest BCUT2D eigenvalue weighted by molar-refractivity contribution is 5.97. The SMILES string of the molecule is CO[C@@H]1CCC[C@]12CCCN(C(=O)c1cccc(C(=O)O)c1)C2. The van der Waals surface area contributed by atoms with E-state index in [4.69, 9.17) is 9.84 Å². The Balaban J connectivity index is 1.80. The van der Waals surface area contributed by atoms with Gasteiger partial charge in [0.25, 0.3) is 5.91 Å². The molecule has 1 aliphatic heterocycles. The van der Waals surface area contributed by atoms with Crippen LogP contribution in [0.3, 0.4) is 0 Å². The molecule has 0 bridgehead atoms. The van der Waals surface area contributed by atoms with Gasteiger partial charge in [-0.15, -0.1) is 0 Å². The Morgan fingerprint density at radius 1 is 1.26 bits per heavy atom. The molecule has 1 amide bonds. The van der Waals surface area contributed by atoms with Crippen LogP contribution in [0.4, 0.5) is 0 Å². The second-order valence-electron chi connectivity index (χ2n) is 6.70.